The average molecular weight is 385 g/mol. The lowest BCUT2D eigenvalue weighted by atomic mass is 10.0. The molecule has 150 valence electrons. The Morgan fingerprint density at radius 2 is 1.82 bits per heavy atom. The number of imidazole rings is 1. The van der Waals surface area contributed by atoms with E-state index >= 15 is 0 Å². The predicted octanol–water partition coefficient (Wildman–Crippen LogP) is 0.814. The number of aromatic nitrogens is 2. The van der Waals surface area contributed by atoms with Crippen molar-refractivity contribution in [3.63, 3.8) is 0 Å². The molecule has 1 unspecified atom stereocenters. The van der Waals surface area contributed by atoms with Crippen molar-refractivity contribution in [1.82, 2.24) is 19.8 Å². The van der Waals surface area contributed by atoms with E-state index in [9.17, 15) is 14.4 Å². The number of carbonyl (C=O) groups excluding carboxylic acids is 2. The first kappa shape index (κ1) is 18.7. The Morgan fingerprint density at radius 3 is 2.46 bits per heavy atom. The number of nitrogens with zero attached hydrogens (tertiary/aromatic N) is 3. The number of imide groups is 1. The average Bonchev–Trinajstić information content (AvgIpc) is 2.92. The van der Waals surface area contributed by atoms with E-state index in [4.69, 9.17) is 0 Å². The predicted molar refractivity (Wildman–Crippen MR) is 108 cm³/mol. The maximum atomic E-state index is 13.1. The SMILES string of the molecule is CNC1CCN(c2cc(C)cc3c2n(C)c(=O)n3C2CCC(=O)NC2=O)CC1. The van der Waals surface area contributed by atoms with Crippen molar-refractivity contribution < 1.29 is 9.59 Å². The number of nitrogens with one attached hydrogen (secondary N) is 2. The molecule has 2 saturated heterocycles. The second-order valence-corrected chi connectivity index (χ2v) is 7.88. The van der Waals surface area contributed by atoms with Crippen LogP contribution in [0.25, 0.3) is 11.0 Å². The molecule has 2 amide bonds. The highest BCUT2D eigenvalue weighted by Gasteiger charge is 2.32. The number of aryl methyl sites for hydroxylation is 2. The molecular formula is C20H27N5O3. The van der Waals surface area contributed by atoms with E-state index < -0.39 is 11.9 Å². The van der Waals surface area contributed by atoms with E-state index in [0.29, 0.717) is 12.5 Å². The van der Waals surface area contributed by atoms with Crippen LogP contribution in [0.1, 0.15) is 37.3 Å². The molecule has 1 aromatic heterocycles. The number of fused-ring (bicyclic) bond motifs is 1. The fraction of sp³-hybridized carbons (Fsp3) is 0.550. The molecule has 0 radical (unpaired) electrons. The number of carbonyl (C=O) groups is 2. The molecule has 2 aliphatic rings. The maximum absolute atomic E-state index is 13.1. The Hall–Kier alpha value is -2.61. The normalized spacial score (nSPS) is 21.4. The molecule has 0 spiro atoms. The minimum absolute atomic E-state index is 0.221. The lowest BCUT2D eigenvalue weighted by Crippen LogP contribution is -2.44. The molecule has 3 heterocycles. The van der Waals surface area contributed by atoms with Crippen molar-refractivity contribution in [2.75, 3.05) is 25.0 Å². The third kappa shape index (κ3) is 3.01. The molecule has 2 aromatic rings. The van der Waals surface area contributed by atoms with E-state index in [1.165, 1.54) is 0 Å². The molecule has 2 aliphatic heterocycles. The van der Waals surface area contributed by atoms with Crippen LogP contribution in [0.5, 0.6) is 0 Å². The van der Waals surface area contributed by atoms with Gasteiger partial charge in [0.1, 0.15) is 6.04 Å². The van der Waals surface area contributed by atoms with Crippen LogP contribution in [0.3, 0.4) is 0 Å². The largest absolute Gasteiger partial charge is 0.370 e. The van der Waals surface area contributed by atoms with Gasteiger partial charge >= 0.3 is 5.69 Å². The third-order valence-corrected chi connectivity index (χ3v) is 6.07. The Morgan fingerprint density at radius 1 is 1.11 bits per heavy atom. The fourth-order valence-corrected chi connectivity index (χ4v) is 4.51. The van der Waals surface area contributed by atoms with Crippen molar-refractivity contribution in [3.05, 3.63) is 28.2 Å². The fourth-order valence-electron chi connectivity index (χ4n) is 4.51. The van der Waals surface area contributed by atoms with Crippen LogP contribution in [-0.4, -0.2) is 47.1 Å². The van der Waals surface area contributed by atoms with Gasteiger partial charge in [0, 0.05) is 32.6 Å². The van der Waals surface area contributed by atoms with Crippen molar-refractivity contribution in [2.45, 2.75) is 44.7 Å². The van der Waals surface area contributed by atoms with Crippen LogP contribution in [0.4, 0.5) is 5.69 Å². The van der Waals surface area contributed by atoms with Crippen molar-refractivity contribution in [1.29, 1.82) is 0 Å². The van der Waals surface area contributed by atoms with Crippen LogP contribution in [0.2, 0.25) is 0 Å². The molecule has 4 rings (SSSR count). The van der Waals surface area contributed by atoms with Gasteiger partial charge in [-0.2, -0.15) is 0 Å². The van der Waals surface area contributed by atoms with E-state index in [0.717, 1.165) is 48.2 Å². The monoisotopic (exact) mass is 385 g/mol. The van der Waals surface area contributed by atoms with Crippen LogP contribution in [-0.2, 0) is 16.6 Å². The highest BCUT2D eigenvalue weighted by atomic mass is 16.2. The lowest BCUT2D eigenvalue weighted by Gasteiger charge is -2.34. The van der Waals surface area contributed by atoms with Crippen molar-refractivity contribution in [2.24, 2.45) is 7.05 Å². The number of hydrogen-bond donors (Lipinski definition) is 2. The van der Waals surface area contributed by atoms with Gasteiger partial charge in [0.25, 0.3) is 0 Å². The number of benzene rings is 1. The molecule has 0 bridgehead atoms. The number of rotatable bonds is 3. The van der Waals surface area contributed by atoms with Crippen molar-refractivity contribution >= 4 is 28.5 Å². The Balaban J connectivity index is 1.83. The standard InChI is InChI=1S/C20H27N5O3/c1-12-10-15(24-8-6-13(21-2)7-9-24)18-16(11-12)25(20(28)23(18)3)14-4-5-17(26)22-19(14)27/h10-11,13-14,21H,4-9H2,1-3H3,(H,22,26,27). The van der Waals surface area contributed by atoms with Gasteiger partial charge in [-0.15, -0.1) is 0 Å². The molecule has 2 fully saturated rings. The van der Waals surface area contributed by atoms with E-state index in [1.54, 1.807) is 16.2 Å². The van der Waals surface area contributed by atoms with Crippen LogP contribution < -0.4 is 21.2 Å². The first-order chi connectivity index (χ1) is 13.4. The van der Waals surface area contributed by atoms with Gasteiger partial charge in [-0.25, -0.2) is 4.79 Å². The van der Waals surface area contributed by atoms with Gasteiger partial charge in [0.2, 0.25) is 11.8 Å². The van der Waals surface area contributed by atoms with E-state index in [2.05, 4.69) is 21.6 Å². The third-order valence-electron chi connectivity index (χ3n) is 6.07. The zero-order valence-corrected chi connectivity index (χ0v) is 16.6. The zero-order chi connectivity index (χ0) is 20.0. The lowest BCUT2D eigenvalue weighted by molar-refractivity contribution is -0.135. The molecule has 1 atom stereocenters. The minimum atomic E-state index is -0.654. The molecule has 0 saturated carbocycles. The second-order valence-electron chi connectivity index (χ2n) is 7.88. The number of anilines is 1. The molecule has 28 heavy (non-hydrogen) atoms. The summed E-state index contributed by atoms with van der Waals surface area (Å²) in [6.45, 7) is 3.85. The van der Waals surface area contributed by atoms with E-state index in [1.807, 2.05) is 20.0 Å². The summed E-state index contributed by atoms with van der Waals surface area (Å²) in [4.78, 5) is 39.4. The van der Waals surface area contributed by atoms with Gasteiger partial charge in [0.05, 0.1) is 16.7 Å². The summed E-state index contributed by atoms with van der Waals surface area (Å²) in [5.74, 6) is -0.678. The zero-order valence-electron chi connectivity index (χ0n) is 16.6. The number of piperidine rings is 2. The Bertz CT molecular complexity index is 997. The number of amides is 2. The summed E-state index contributed by atoms with van der Waals surface area (Å²) < 4.78 is 3.20. The number of hydrogen-bond acceptors (Lipinski definition) is 5. The summed E-state index contributed by atoms with van der Waals surface area (Å²) in [6, 6.07) is 3.95. The minimum Gasteiger partial charge on any atom is -0.370 e. The maximum Gasteiger partial charge on any atom is 0.329 e. The van der Waals surface area contributed by atoms with Crippen LogP contribution in [0, 0.1) is 6.92 Å². The van der Waals surface area contributed by atoms with Crippen LogP contribution >= 0.6 is 0 Å². The molecule has 8 nitrogen and oxygen atoms in total. The quantitative estimate of drug-likeness (QED) is 0.764. The second kappa shape index (κ2) is 7.09. The summed E-state index contributed by atoms with van der Waals surface area (Å²) in [7, 11) is 3.75. The van der Waals surface area contributed by atoms with Crippen molar-refractivity contribution in [3.8, 4) is 0 Å². The smallest absolute Gasteiger partial charge is 0.329 e. The highest BCUT2D eigenvalue weighted by molar-refractivity contribution is 6.00. The first-order valence-electron chi connectivity index (χ1n) is 9.88. The molecular weight excluding hydrogens is 358 g/mol. The molecule has 0 aliphatic carbocycles. The first-order valence-corrected chi connectivity index (χ1v) is 9.88. The molecule has 2 N–H and O–H groups in total. The van der Waals surface area contributed by atoms with Gasteiger partial charge in [0.15, 0.2) is 0 Å². The molecule has 1 aromatic carbocycles. The highest BCUT2D eigenvalue weighted by Crippen LogP contribution is 2.32. The van der Waals surface area contributed by atoms with E-state index in [-0.39, 0.29) is 18.0 Å². The Kier molecular flexibility index (Phi) is 4.74. The van der Waals surface area contributed by atoms with Gasteiger partial charge in [-0.1, -0.05) is 0 Å². The van der Waals surface area contributed by atoms with Gasteiger partial charge in [-0.05, 0) is 50.9 Å². The molecule has 8 heteroatoms. The Labute approximate surface area is 163 Å². The van der Waals surface area contributed by atoms with Gasteiger partial charge < -0.3 is 10.2 Å². The van der Waals surface area contributed by atoms with Crippen LogP contribution in [0.15, 0.2) is 16.9 Å². The summed E-state index contributed by atoms with van der Waals surface area (Å²) in [6.07, 6.45) is 2.69. The summed E-state index contributed by atoms with van der Waals surface area (Å²) in [5, 5.41) is 5.71. The van der Waals surface area contributed by atoms with Gasteiger partial charge in [-0.3, -0.25) is 24.0 Å². The summed E-state index contributed by atoms with van der Waals surface area (Å²) in [5.41, 5.74) is 3.47. The summed E-state index contributed by atoms with van der Waals surface area (Å²) >= 11 is 0. The topological polar surface area (TPSA) is 88.4 Å².